The number of nitrogens with one attached hydrogen (secondary N) is 1. The molecule has 1 N–H and O–H groups in total. The van der Waals surface area contributed by atoms with E-state index < -0.39 is 29.0 Å². The smallest absolute Gasteiger partial charge is 0.416 e. The Kier molecular flexibility index (Phi) is 6.05. The Labute approximate surface area is 143 Å². The molecule has 1 aliphatic heterocycles. The summed E-state index contributed by atoms with van der Waals surface area (Å²) >= 11 is 0. The Hall–Kier alpha value is -2.09. The van der Waals surface area contributed by atoms with Gasteiger partial charge < -0.3 is 14.8 Å². The van der Waals surface area contributed by atoms with Crippen LogP contribution in [0.3, 0.4) is 0 Å². The molecule has 25 heavy (non-hydrogen) atoms. The summed E-state index contributed by atoms with van der Waals surface area (Å²) in [5.41, 5.74) is -1.59. The maximum Gasteiger partial charge on any atom is 0.416 e. The lowest BCUT2D eigenvalue weighted by Crippen LogP contribution is -2.48. The molecule has 1 aromatic rings. The summed E-state index contributed by atoms with van der Waals surface area (Å²) in [5.74, 6) is -0.876. The quantitative estimate of drug-likeness (QED) is 0.820. The fraction of sp³-hybridized carbons (Fsp3) is 0.529. The van der Waals surface area contributed by atoms with Crippen LogP contribution in [0.5, 0.6) is 0 Å². The Morgan fingerprint density at radius 1 is 1.28 bits per heavy atom. The first-order valence-electron chi connectivity index (χ1n) is 7.90. The van der Waals surface area contributed by atoms with Gasteiger partial charge in [0.05, 0.1) is 24.5 Å². The molecule has 2 rings (SSSR count). The molecule has 0 radical (unpaired) electrons. The van der Waals surface area contributed by atoms with Gasteiger partial charge in [-0.1, -0.05) is 18.2 Å². The molecule has 1 heterocycles. The second kappa shape index (κ2) is 7.86. The molecule has 1 fully saturated rings. The maximum absolute atomic E-state index is 13.0. The van der Waals surface area contributed by atoms with Crippen LogP contribution >= 0.6 is 0 Å². The molecule has 0 spiro atoms. The Balaban J connectivity index is 2.25. The first kappa shape index (κ1) is 19.2. The van der Waals surface area contributed by atoms with E-state index >= 15 is 0 Å². The number of methoxy groups -OCH3 is 1. The summed E-state index contributed by atoms with van der Waals surface area (Å²) in [7, 11) is 1.24. The van der Waals surface area contributed by atoms with Crippen molar-refractivity contribution in [3.05, 3.63) is 35.4 Å². The summed E-state index contributed by atoms with van der Waals surface area (Å²) in [4.78, 5) is 23.9. The van der Waals surface area contributed by atoms with Crippen LogP contribution in [0.1, 0.15) is 30.4 Å². The van der Waals surface area contributed by atoms with Gasteiger partial charge in [0.1, 0.15) is 0 Å². The maximum atomic E-state index is 13.0. The molecule has 138 valence electrons. The van der Waals surface area contributed by atoms with Gasteiger partial charge in [-0.25, -0.2) is 0 Å². The zero-order valence-electron chi connectivity index (χ0n) is 13.8. The number of benzene rings is 1. The number of amides is 1. The summed E-state index contributed by atoms with van der Waals surface area (Å²) < 4.78 is 48.8. The Bertz CT molecular complexity index is 625. The molecule has 0 unspecified atom stereocenters. The third-order valence-corrected chi connectivity index (χ3v) is 4.37. The van der Waals surface area contributed by atoms with Gasteiger partial charge >= 0.3 is 12.1 Å². The number of carbonyl (C=O) groups is 2. The zero-order valence-corrected chi connectivity index (χ0v) is 13.8. The zero-order chi connectivity index (χ0) is 18.5. The van der Waals surface area contributed by atoms with Crippen LogP contribution in [0.15, 0.2) is 24.3 Å². The summed E-state index contributed by atoms with van der Waals surface area (Å²) in [5, 5.41) is 2.64. The van der Waals surface area contributed by atoms with Crippen LogP contribution in [-0.2, 0) is 30.7 Å². The normalized spacial score (nSPS) is 17.0. The minimum atomic E-state index is -4.48. The van der Waals surface area contributed by atoms with Gasteiger partial charge in [0.2, 0.25) is 5.91 Å². The largest absolute Gasteiger partial charge is 0.469 e. The van der Waals surface area contributed by atoms with Crippen molar-refractivity contribution >= 4 is 11.9 Å². The highest BCUT2D eigenvalue weighted by molar-refractivity contribution is 5.88. The van der Waals surface area contributed by atoms with Gasteiger partial charge in [0.15, 0.2) is 0 Å². The van der Waals surface area contributed by atoms with E-state index in [1.54, 1.807) is 0 Å². The number of hydrogen-bond donors (Lipinski definition) is 1. The number of rotatable bonds is 5. The molecule has 0 saturated carbocycles. The van der Waals surface area contributed by atoms with Crippen molar-refractivity contribution in [2.24, 2.45) is 0 Å². The average molecular weight is 359 g/mol. The van der Waals surface area contributed by atoms with Crippen LogP contribution in [0.25, 0.3) is 0 Å². The molecule has 1 saturated heterocycles. The molecule has 5 nitrogen and oxygen atoms in total. The molecule has 0 atom stereocenters. The number of esters is 1. The van der Waals surface area contributed by atoms with Crippen molar-refractivity contribution in [3.63, 3.8) is 0 Å². The van der Waals surface area contributed by atoms with Crippen LogP contribution < -0.4 is 5.32 Å². The fourth-order valence-electron chi connectivity index (χ4n) is 2.91. The molecule has 1 aromatic carbocycles. The lowest BCUT2D eigenvalue weighted by molar-refractivity contribution is -0.141. The van der Waals surface area contributed by atoms with E-state index in [-0.39, 0.29) is 39.0 Å². The number of halogens is 3. The van der Waals surface area contributed by atoms with Gasteiger partial charge in [0.25, 0.3) is 0 Å². The molecule has 1 amide bonds. The SMILES string of the molecule is COC(=O)CCNC(=O)C1(c2cccc(C(F)(F)F)c2)CCOCC1. The Morgan fingerprint density at radius 3 is 2.56 bits per heavy atom. The first-order valence-corrected chi connectivity index (χ1v) is 7.90. The second-order valence-electron chi connectivity index (χ2n) is 5.86. The standard InChI is InChI=1S/C17H20F3NO4/c1-24-14(22)5-8-21-15(23)16(6-9-25-10-7-16)12-3-2-4-13(11-12)17(18,19)20/h2-4,11H,5-10H2,1H3,(H,21,23). The summed E-state index contributed by atoms with van der Waals surface area (Å²) in [6.45, 7) is 0.619. The van der Waals surface area contributed by atoms with Crippen LogP contribution in [-0.4, -0.2) is 38.7 Å². The van der Waals surface area contributed by atoms with Gasteiger partial charge in [0, 0.05) is 19.8 Å². The molecule has 0 aromatic heterocycles. The van der Waals surface area contributed by atoms with Crippen molar-refractivity contribution in [2.45, 2.75) is 30.9 Å². The topological polar surface area (TPSA) is 64.6 Å². The molecule has 1 aliphatic rings. The number of hydrogen-bond acceptors (Lipinski definition) is 4. The lowest BCUT2D eigenvalue weighted by Gasteiger charge is -2.36. The van der Waals surface area contributed by atoms with Gasteiger partial charge in [-0.15, -0.1) is 0 Å². The minimum Gasteiger partial charge on any atom is -0.469 e. The second-order valence-corrected chi connectivity index (χ2v) is 5.86. The molecule has 0 bridgehead atoms. The van der Waals surface area contributed by atoms with E-state index in [9.17, 15) is 22.8 Å². The number of carbonyl (C=O) groups excluding carboxylic acids is 2. The van der Waals surface area contributed by atoms with Gasteiger partial charge in [-0.05, 0) is 24.5 Å². The molecular weight excluding hydrogens is 339 g/mol. The highest BCUT2D eigenvalue weighted by Gasteiger charge is 2.43. The summed E-state index contributed by atoms with van der Waals surface area (Å²) in [6, 6.07) is 4.83. The van der Waals surface area contributed by atoms with E-state index in [0.717, 1.165) is 12.1 Å². The fourth-order valence-corrected chi connectivity index (χ4v) is 2.91. The van der Waals surface area contributed by atoms with Crippen molar-refractivity contribution in [3.8, 4) is 0 Å². The van der Waals surface area contributed by atoms with Crippen molar-refractivity contribution in [2.75, 3.05) is 26.9 Å². The monoisotopic (exact) mass is 359 g/mol. The molecule has 0 aliphatic carbocycles. The highest BCUT2D eigenvalue weighted by atomic mass is 19.4. The van der Waals surface area contributed by atoms with E-state index in [1.165, 1.54) is 19.2 Å². The predicted octanol–water partition coefficient (Wildman–Crippen LogP) is 2.43. The number of ether oxygens (including phenoxy) is 2. The van der Waals surface area contributed by atoms with E-state index in [1.807, 2.05) is 0 Å². The lowest BCUT2D eigenvalue weighted by atomic mass is 9.73. The third-order valence-electron chi connectivity index (χ3n) is 4.37. The van der Waals surface area contributed by atoms with Crippen LogP contribution in [0.4, 0.5) is 13.2 Å². The van der Waals surface area contributed by atoms with Crippen LogP contribution in [0.2, 0.25) is 0 Å². The Morgan fingerprint density at radius 2 is 1.96 bits per heavy atom. The first-order chi connectivity index (χ1) is 11.8. The van der Waals surface area contributed by atoms with Crippen LogP contribution in [0, 0.1) is 0 Å². The van der Waals surface area contributed by atoms with Gasteiger partial charge in [-0.2, -0.15) is 13.2 Å². The van der Waals surface area contributed by atoms with Crippen molar-refractivity contribution in [1.29, 1.82) is 0 Å². The number of alkyl halides is 3. The minimum absolute atomic E-state index is 0.00257. The molecular formula is C17H20F3NO4. The van der Waals surface area contributed by atoms with E-state index in [0.29, 0.717) is 5.56 Å². The van der Waals surface area contributed by atoms with Crippen molar-refractivity contribution < 1.29 is 32.2 Å². The average Bonchev–Trinajstić information content (AvgIpc) is 2.61. The summed E-state index contributed by atoms with van der Waals surface area (Å²) in [6.07, 6.45) is -3.93. The van der Waals surface area contributed by atoms with E-state index in [4.69, 9.17) is 4.74 Å². The van der Waals surface area contributed by atoms with E-state index in [2.05, 4.69) is 10.1 Å². The highest BCUT2D eigenvalue weighted by Crippen LogP contribution is 2.38. The third kappa shape index (κ3) is 4.50. The predicted molar refractivity (Wildman–Crippen MR) is 82.8 cm³/mol. The van der Waals surface area contributed by atoms with Crippen molar-refractivity contribution in [1.82, 2.24) is 5.32 Å². The molecule has 8 heteroatoms. The van der Waals surface area contributed by atoms with Gasteiger partial charge in [-0.3, -0.25) is 9.59 Å².